The van der Waals surface area contributed by atoms with Gasteiger partial charge < -0.3 is 5.11 Å². The van der Waals surface area contributed by atoms with Crippen LogP contribution < -0.4 is 0 Å². The van der Waals surface area contributed by atoms with E-state index in [1.165, 1.54) is 21.1 Å². The van der Waals surface area contributed by atoms with Gasteiger partial charge in [0.05, 0.1) is 12.1 Å². The fourth-order valence-electron chi connectivity index (χ4n) is 1.51. The minimum atomic E-state index is -0.838. The second-order valence-corrected chi connectivity index (χ2v) is 5.86. The van der Waals surface area contributed by atoms with E-state index in [2.05, 4.69) is 24.9 Å². The smallest absolute Gasteiger partial charge is 0.309 e. The van der Waals surface area contributed by atoms with Crippen LogP contribution in [0.15, 0.2) is 11.4 Å². The van der Waals surface area contributed by atoms with E-state index in [0.717, 1.165) is 10.6 Å². The maximum absolute atomic E-state index is 10.6. The summed E-state index contributed by atoms with van der Waals surface area (Å²) in [7, 11) is 0. The van der Waals surface area contributed by atoms with Crippen molar-refractivity contribution in [1.29, 1.82) is 0 Å². The normalized spacial score (nSPS) is 10.6. The molecule has 0 amide bonds. The van der Waals surface area contributed by atoms with Crippen LogP contribution in [0.3, 0.4) is 0 Å². The molecule has 1 N–H and O–H groups in total. The van der Waals surface area contributed by atoms with Crippen molar-refractivity contribution in [3.63, 3.8) is 0 Å². The quantitative estimate of drug-likeness (QED) is 0.914. The molecule has 0 saturated carbocycles. The molecule has 0 aliphatic rings. The molecule has 0 radical (unpaired) electrons. The van der Waals surface area contributed by atoms with E-state index in [9.17, 15) is 4.79 Å². The van der Waals surface area contributed by atoms with E-state index in [4.69, 9.17) is 5.11 Å². The van der Waals surface area contributed by atoms with Gasteiger partial charge in [-0.1, -0.05) is 0 Å². The van der Waals surface area contributed by atoms with Crippen LogP contribution in [0, 0.1) is 13.8 Å². The molecule has 0 aliphatic heterocycles. The summed E-state index contributed by atoms with van der Waals surface area (Å²) in [5, 5.41) is 11.4. The van der Waals surface area contributed by atoms with Crippen LogP contribution in [0.25, 0.3) is 10.6 Å². The van der Waals surface area contributed by atoms with Gasteiger partial charge in [0, 0.05) is 20.7 Å². The maximum atomic E-state index is 10.6. The molecule has 84 valence electrons. The molecule has 0 aromatic carbocycles. The summed E-state index contributed by atoms with van der Waals surface area (Å²) in [6, 6.07) is 2.10. The Morgan fingerprint density at radius 1 is 1.50 bits per heavy atom. The van der Waals surface area contributed by atoms with Gasteiger partial charge in [0.1, 0.15) is 5.01 Å². The number of carboxylic acid groups (broad SMARTS) is 1. The average Bonchev–Trinajstić information content (AvgIpc) is 2.72. The van der Waals surface area contributed by atoms with Crippen molar-refractivity contribution in [2.45, 2.75) is 20.3 Å². The summed E-state index contributed by atoms with van der Waals surface area (Å²) in [6.45, 7) is 4.12. The molecule has 0 unspecified atom stereocenters. The molecule has 0 atom stereocenters. The molecular formula is C11H11NO2S2. The van der Waals surface area contributed by atoms with E-state index in [0.29, 0.717) is 5.69 Å². The lowest BCUT2D eigenvalue weighted by molar-refractivity contribution is -0.136. The lowest BCUT2D eigenvalue weighted by atomic mass is 10.2. The number of thiophene rings is 1. The molecule has 16 heavy (non-hydrogen) atoms. The number of carboxylic acids is 1. The number of aromatic nitrogens is 1. The Kier molecular flexibility index (Phi) is 3.07. The summed E-state index contributed by atoms with van der Waals surface area (Å²) >= 11 is 3.24. The van der Waals surface area contributed by atoms with Gasteiger partial charge in [0.2, 0.25) is 0 Å². The molecule has 0 bridgehead atoms. The third kappa shape index (κ3) is 2.31. The van der Waals surface area contributed by atoms with Crippen molar-refractivity contribution in [3.05, 3.63) is 26.9 Å². The molecule has 5 heteroatoms. The maximum Gasteiger partial charge on any atom is 0.309 e. The predicted molar refractivity (Wildman–Crippen MR) is 66.2 cm³/mol. The van der Waals surface area contributed by atoms with Gasteiger partial charge in [-0.05, 0) is 19.9 Å². The minimum absolute atomic E-state index is 0.00132. The number of hydrogen-bond donors (Lipinski definition) is 1. The first kappa shape index (κ1) is 11.3. The molecule has 3 nitrogen and oxygen atoms in total. The number of thiazole rings is 1. The monoisotopic (exact) mass is 253 g/mol. The Bertz CT molecular complexity index is 528. The van der Waals surface area contributed by atoms with E-state index in [1.54, 1.807) is 11.3 Å². The standard InChI is InChI=1S/C11H11NO2S2/c1-6-3-9(7(2)16-6)11-12-8(5-15-11)4-10(13)14/h3,5H,4H2,1-2H3,(H,13,14). The summed E-state index contributed by atoms with van der Waals surface area (Å²) in [4.78, 5) is 17.4. The topological polar surface area (TPSA) is 50.2 Å². The molecule has 0 spiro atoms. The van der Waals surface area contributed by atoms with Crippen molar-refractivity contribution in [2.24, 2.45) is 0 Å². The molecule has 2 heterocycles. The first-order chi connectivity index (χ1) is 7.56. The van der Waals surface area contributed by atoms with E-state index in [-0.39, 0.29) is 6.42 Å². The molecule has 2 aromatic heterocycles. The first-order valence-corrected chi connectivity index (χ1v) is 6.49. The zero-order valence-corrected chi connectivity index (χ0v) is 10.6. The lowest BCUT2D eigenvalue weighted by Crippen LogP contribution is -1.99. The van der Waals surface area contributed by atoms with Crippen molar-refractivity contribution in [3.8, 4) is 10.6 Å². The number of hydrogen-bond acceptors (Lipinski definition) is 4. The molecular weight excluding hydrogens is 242 g/mol. The van der Waals surface area contributed by atoms with Gasteiger partial charge in [-0.15, -0.1) is 22.7 Å². The highest BCUT2D eigenvalue weighted by molar-refractivity contribution is 7.15. The van der Waals surface area contributed by atoms with Crippen LogP contribution in [0.2, 0.25) is 0 Å². The van der Waals surface area contributed by atoms with Crippen LogP contribution in [-0.2, 0) is 11.2 Å². The van der Waals surface area contributed by atoms with Crippen molar-refractivity contribution >= 4 is 28.6 Å². The second kappa shape index (κ2) is 4.35. The summed E-state index contributed by atoms with van der Waals surface area (Å²) in [5.41, 5.74) is 1.76. The Balaban J connectivity index is 2.31. The highest BCUT2D eigenvalue weighted by Gasteiger charge is 2.11. The van der Waals surface area contributed by atoms with Gasteiger partial charge in [0.15, 0.2) is 0 Å². The third-order valence-electron chi connectivity index (χ3n) is 2.16. The third-order valence-corrected chi connectivity index (χ3v) is 4.05. The van der Waals surface area contributed by atoms with Crippen LogP contribution in [-0.4, -0.2) is 16.1 Å². The number of carbonyl (C=O) groups is 1. The van der Waals surface area contributed by atoms with Gasteiger partial charge in [-0.25, -0.2) is 4.98 Å². The largest absolute Gasteiger partial charge is 0.481 e. The van der Waals surface area contributed by atoms with E-state index < -0.39 is 5.97 Å². The highest BCUT2D eigenvalue weighted by Crippen LogP contribution is 2.32. The molecule has 2 rings (SSSR count). The van der Waals surface area contributed by atoms with Gasteiger partial charge >= 0.3 is 5.97 Å². The van der Waals surface area contributed by atoms with Crippen LogP contribution in [0.5, 0.6) is 0 Å². The Morgan fingerprint density at radius 2 is 2.25 bits per heavy atom. The zero-order valence-electron chi connectivity index (χ0n) is 8.98. The zero-order chi connectivity index (χ0) is 11.7. The average molecular weight is 253 g/mol. The number of rotatable bonds is 3. The molecule has 0 saturated heterocycles. The van der Waals surface area contributed by atoms with Crippen LogP contribution in [0.4, 0.5) is 0 Å². The van der Waals surface area contributed by atoms with Crippen molar-refractivity contribution in [1.82, 2.24) is 4.98 Å². The Hall–Kier alpha value is -1.20. The Labute approximate surface area is 101 Å². The minimum Gasteiger partial charge on any atom is -0.481 e. The van der Waals surface area contributed by atoms with Crippen LogP contribution in [0.1, 0.15) is 15.4 Å². The molecule has 2 aromatic rings. The summed E-state index contributed by atoms with van der Waals surface area (Å²) in [6.07, 6.45) is -0.00132. The summed E-state index contributed by atoms with van der Waals surface area (Å²) < 4.78 is 0. The second-order valence-electron chi connectivity index (χ2n) is 3.54. The van der Waals surface area contributed by atoms with Gasteiger partial charge in [-0.3, -0.25) is 4.79 Å². The van der Waals surface area contributed by atoms with Crippen LogP contribution >= 0.6 is 22.7 Å². The SMILES string of the molecule is Cc1cc(-c2nc(CC(=O)O)cs2)c(C)s1. The number of aryl methyl sites for hydroxylation is 2. The first-order valence-electron chi connectivity index (χ1n) is 4.80. The van der Waals surface area contributed by atoms with Crippen molar-refractivity contribution < 1.29 is 9.90 Å². The highest BCUT2D eigenvalue weighted by atomic mass is 32.1. The van der Waals surface area contributed by atoms with E-state index >= 15 is 0 Å². The number of nitrogens with zero attached hydrogens (tertiary/aromatic N) is 1. The lowest BCUT2D eigenvalue weighted by Gasteiger charge is -1.92. The predicted octanol–water partition coefficient (Wildman–Crippen LogP) is 3.12. The Morgan fingerprint density at radius 3 is 2.81 bits per heavy atom. The van der Waals surface area contributed by atoms with Crippen molar-refractivity contribution in [2.75, 3.05) is 0 Å². The number of aliphatic carboxylic acids is 1. The fourth-order valence-corrected chi connectivity index (χ4v) is 3.39. The molecule has 0 fully saturated rings. The fraction of sp³-hybridized carbons (Fsp3) is 0.273. The summed E-state index contributed by atoms with van der Waals surface area (Å²) in [5.74, 6) is -0.838. The van der Waals surface area contributed by atoms with E-state index in [1.807, 2.05) is 5.38 Å². The van der Waals surface area contributed by atoms with Gasteiger partial charge in [-0.2, -0.15) is 0 Å². The molecule has 0 aliphatic carbocycles. The van der Waals surface area contributed by atoms with Gasteiger partial charge in [0.25, 0.3) is 0 Å².